The molecule has 1 aromatic heterocycles. The number of aliphatic hydroxyl groups excluding tert-OH is 1. The fraction of sp³-hybridized carbons (Fsp3) is 0.200. The van der Waals surface area contributed by atoms with Crippen molar-refractivity contribution < 1.29 is 23.4 Å². The number of hydrogen-bond donors (Lipinski definition) is 1. The van der Waals surface area contributed by atoms with Gasteiger partial charge >= 0.3 is 5.97 Å². The summed E-state index contributed by atoms with van der Waals surface area (Å²) in [6.45, 7) is 0.928. The fourth-order valence-electron chi connectivity index (χ4n) is 4.39. The Kier molecular flexibility index (Phi) is 8.72. The van der Waals surface area contributed by atoms with Crippen LogP contribution in [-0.2, 0) is 24.2 Å². The normalized spacial score (nSPS) is 12.8. The minimum atomic E-state index is -1.18. The van der Waals surface area contributed by atoms with E-state index in [1.54, 1.807) is 0 Å². The van der Waals surface area contributed by atoms with Gasteiger partial charge in [-0.15, -0.1) is 0 Å². The average molecular weight is 503 g/mol. The molecule has 0 aliphatic heterocycles. The molecule has 4 rings (SSSR count). The molecule has 0 amide bonds. The van der Waals surface area contributed by atoms with Gasteiger partial charge in [0, 0.05) is 31.4 Å². The zero-order chi connectivity index (χ0) is 26.2. The average Bonchev–Trinajstić information content (AvgIpc) is 2.91. The molecule has 0 spiro atoms. The first kappa shape index (κ1) is 26.1. The summed E-state index contributed by atoms with van der Waals surface area (Å²) in [5.74, 6) is -1.93. The highest BCUT2D eigenvalue weighted by Gasteiger charge is 2.30. The summed E-state index contributed by atoms with van der Waals surface area (Å²) in [7, 11) is 1.28. The maximum absolute atomic E-state index is 14.1. The number of rotatable bonds is 10. The van der Waals surface area contributed by atoms with E-state index in [0.717, 1.165) is 17.2 Å². The van der Waals surface area contributed by atoms with Gasteiger partial charge in [0.2, 0.25) is 0 Å². The number of aromatic nitrogens is 1. The molecule has 3 aromatic carbocycles. The lowest BCUT2D eigenvalue weighted by Crippen LogP contribution is -2.41. The molecule has 0 aliphatic carbocycles. The van der Waals surface area contributed by atoms with Crippen LogP contribution in [0.15, 0.2) is 97.2 Å². The van der Waals surface area contributed by atoms with Crippen LogP contribution in [0.1, 0.15) is 38.8 Å². The van der Waals surface area contributed by atoms with Crippen molar-refractivity contribution in [3.63, 3.8) is 0 Å². The largest absolute Gasteiger partial charge is 0.465 e. The van der Waals surface area contributed by atoms with Crippen LogP contribution >= 0.6 is 0 Å². The number of carbonyl (C=O) groups excluding carboxylic acids is 1. The van der Waals surface area contributed by atoms with E-state index >= 15 is 0 Å². The third-order valence-corrected chi connectivity index (χ3v) is 6.16. The third-order valence-electron chi connectivity index (χ3n) is 6.16. The number of methoxy groups -OCH3 is 1. The van der Waals surface area contributed by atoms with Crippen molar-refractivity contribution in [2.24, 2.45) is 0 Å². The smallest absolute Gasteiger partial charge is 0.337 e. The molecule has 1 heterocycles. The first-order valence-electron chi connectivity index (χ1n) is 11.9. The molecule has 7 heteroatoms. The Morgan fingerprint density at radius 3 is 1.97 bits per heavy atom. The number of halogens is 2. The molecule has 0 saturated carbocycles. The molecule has 0 saturated heterocycles. The number of pyridine rings is 1. The zero-order valence-corrected chi connectivity index (χ0v) is 20.4. The highest BCUT2D eigenvalue weighted by atomic mass is 19.1. The lowest BCUT2D eigenvalue weighted by atomic mass is 9.95. The summed E-state index contributed by atoms with van der Waals surface area (Å²) in [5, 5.41) is 11.6. The van der Waals surface area contributed by atoms with E-state index in [-0.39, 0.29) is 17.7 Å². The first-order chi connectivity index (χ1) is 17.9. The monoisotopic (exact) mass is 502 g/mol. The SMILES string of the molecule is COC(=O)c1ccnc([C@@H](O)[C@H](Cc2cc(F)cc(F)c2)N(Cc2ccccc2)Cc2ccccc2)c1. The van der Waals surface area contributed by atoms with Gasteiger partial charge in [-0.2, -0.15) is 0 Å². The van der Waals surface area contributed by atoms with E-state index in [4.69, 9.17) is 4.74 Å². The first-order valence-corrected chi connectivity index (χ1v) is 11.9. The van der Waals surface area contributed by atoms with Crippen LogP contribution in [0.4, 0.5) is 8.78 Å². The number of hydrogen-bond acceptors (Lipinski definition) is 5. The van der Waals surface area contributed by atoms with E-state index in [0.29, 0.717) is 18.7 Å². The standard InChI is InChI=1S/C30H28F2N2O3/c1-37-30(36)24-12-13-33-27(17-24)29(35)28(16-23-14-25(31)18-26(32)15-23)34(19-21-8-4-2-5-9-21)20-22-10-6-3-7-11-22/h2-15,17-18,28-29,35H,16,19-20H2,1H3/t28-,29+/m0/s1. The van der Waals surface area contributed by atoms with Crippen LogP contribution in [-0.4, -0.2) is 34.1 Å². The van der Waals surface area contributed by atoms with Crippen LogP contribution in [0.25, 0.3) is 0 Å². The number of aliphatic hydroxyl groups is 1. The predicted molar refractivity (Wildman–Crippen MR) is 137 cm³/mol. The van der Waals surface area contributed by atoms with Crippen LogP contribution in [0, 0.1) is 11.6 Å². The van der Waals surface area contributed by atoms with Crippen molar-refractivity contribution >= 4 is 5.97 Å². The summed E-state index contributed by atoms with van der Waals surface area (Å²) in [6.07, 6.45) is 0.394. The Hall–Kier alpha value is -3.94. The Bertz CT molecular complexity index is 1260. The summed E-state index contributed by atoms with van der Waals surface area (Å²) < 4.78 is 33.0. The summed E-state index contributed by atoms with van der Waals surface area (Å²) in [4.78, 5) is 18.5. The maximum Gasteiger partial charge on any atom is 0.337 e. The van der Waals surface area contributed by atoms with Gasteiger partial charge in [-0.3, -0.25) is 9.88 Å². The Labute approximate surface area is 215 Å². The molecule has 0 radical (unpaired) electrons. The van der Waals surface area contributed by atoms with Crippen LogP contribution < -0.4 is 0 Å². The molecule has 0 bridgehead atoms. The van der Waals surface area contributed by atoms with Gasteiger partial charge < -0.3 is 9.84 Å². The van der Waals surface area contributed by atoms with Crippen molar-refractivity contribution in [1.82, 2.24) is 9.88 Å². The molecule has 5 nitrogen and oxygen atoms in total. The number of esters is 1. The van der Waals surface area contributed by atoms with Crippen LogP contribution in [0.2, 0.25) is 0 Å². The van der Waals surface area contributed by atoms with Crippen molar-refractivity contribution in [2.45, 2.75) is 31.7 Å². The van der Waals surface area contributed by atoms with Gasteiger partial charge in [0.25, 0.3) is 0 Å². The highest BCUT2D eigenvalue weighted by molar-refractivity contribution is 5.89. The summed E-state index contributed by atoms with van der Waals surface area (Å²) >= 11 is 0. The zero-order valence-electron chi connectivity index (χ0n) is 20.4. The second-order valence-corrected chi connectivity index (χ2v) is 8.83. The Morgan fingerprint density at radius 2 is 1.43 bits per heavy atom. The van der Waals surface area contributed by atoms with Crippen molar-refractivity contribution in [2.75, 3.05) is 7.11 Å². The highest BCUT2D eigenvalue weighted by Crippen LogP contribution is 2.28. The van der Waals surface area contributed by atoms with E-state index < -0.39 is 29.7 Å². The van der Waals surface area contributed by atoms with E-state index in [2.05, 4.69) is 9.88 Å². The quantitative estimate of drug-likeness (QED) is 0.291. The number of ether oxygens (including phenoxy) is 1. The minimum Gasteiger partial charge on any atom is -0.465 e. The number of benzene rings is 3. The van der Waals surface area contributed by atoms with Gasteiger partial charge in [0.1, 0.15) is 17.7 Å². The van der Waals surface area contributed by atoms with Gasteiger partial charge in [-0.25, -0.2) is 13.6 Å². The maximum atomic E-state index is 14.1. The van der Waals surface area contributed by atoms with E-state index in [1.165, 1.54) is 37.6 Å². The molecule has 4 aromatic rings. The molecular formula is C30H28F2N2O3. The lowest BCUT2D eigenvalue weighted by Gasteiger charge is -2.35. The van der Waals surface area contributed by atoms with Crippen LogP contribution in [0.3, 0.4) is 0 Å². The molecule has 2 atom stereocenters. The van der Waals surface area contributed by atoms with Crippen molar-refractivity contribution in [3.05, 3.63) is 137 Å². The molecule has 0 unspecified atom stereocenters. The summed E-state index contributed by atoms with van der Waals surface area (Å²) in [5.41, 5.74) is 2.93. The van der Waals surface area contributed by atoms with Gasteiger partial charge in [-0.05, 0) is 47.4 Å². The Balaban J connectivity index is 1.76. The second kappa shape index (κ2) is 12.3. The van der Waals surface area contributed by atoms with Gasteiger partial charge in [0.15, 0.2) is 0 Å². The van der Waals surface area contributed by atoms with Crippen molar-refractivity contribution in [3.8, 4) is 0 Å². The van der Waals surface area contributed by atoms with Crippen molar-refractivity contribution in [1.29, 1.82) is 0 Å². The number of carbonyl (C=O) groups is 1. The topological polar surface area (TPSA) is 62.7 Å². The van der Waals surface area contributed by atoms with Gasteiger partial charge in [-0.1, -0.05) is 60.7 Å². The molecular weight excluding hydrogens is 474 g/mol. The predicted octanol–water partition coefficient (Wildman–Crippen LogP) is 5.49. The summed E-state index contributed by atoms with van der Waals surface area (Å²) in [6, 6.07) is 25.2. The second-order valence-electron chi connectivity index (χ2n) is 8.83. The minimum absolute atomic E-state index is 0.139. The third kappa shape index (κ3) is 7.06. The number of nitrogens with zero attached hydrogens (tertiary/aromatic N) is 2. The van der Waals surface area contributed by atoms with Gasteiger partial charge in [0.05, 0.1) is 18.4 Å². The van der Waals surface area contributed by atoms with E-state index in [9.17, 15) is 18.7 Å². The molecule has 0 fully saturated rings. The Morgan fingerprint density at radius 1 is 0.865 bits per heavy atom. The molecule has 190 valence electrons. The molecule has 0 aliphatic rings. The van der Waals surface area contributed by atoms with Crippen LogP contribution in [0.5, 0.6) is 0 Å². The molecule has 1 N–H and O–H groups in total. The van der Waals surface area contributed by atoms with E-state index in [1.807, 2.05) is 60.7 Å². The fourth-order valence-corrected chi connectivity index (χ4v) is 4.39. The lowest BCUT2D eigenvalue weighted by molar-refractivity contribution is 0.0354. The molecule has 37 heavy (non-hydrogen) atoms.